The van der Waals surface area contributed by atoms with Gasteiger partial charge in [-0.05, 0) is 25.1 Å². The van der Waals surface area contributed by atoms with Gasteiger partial charge < -0.3 is 15.0 Å². The number of ether oxygens (including phenoxy) is 1. The molecule has 0 aliphatic carbocycles. The molecule has 86 valence electrons. The second kappa shape index (κ2) is 4.09. The number of hydrogen-bond donors (Lipinski definition) is 1. The van der Waals surface area contributed by atoms with Crippen LogP contribution in [0.3, 0.4) is 0 Å². The van der Waals surface area contributed by atoms with E-state index in [1.165, 1.54) is 12.1 Å². The fourth-order valence-corrected chi connectivity index (χ4v) is 1.64. The van der Waals surface area contributed by atoms with Gasteiger partial charge in [-0.1, -0.05) is 0 Å². The minimum absolute atomic E-state index is 0.00275. The molecule has 0 radical (unpaired) electrons. The molecule has 1 atom stereocenters. The highest BCUT2D eigenvalue weighted by molar-refractivity contribution is 5.78. The van der Waals surface area contributed by atoms with Gasteiger partial charge in [0.25, 0.3) is 0 Å². The van der Waals surface area contributed by atoms with E-state index in [1.54, 1.807) is 17.7 Å². The van der Waals surface area contributed by atoms with Crippen LogP contribution in [0.5, 0.6) is 0 Å². The summed E-state index contributed by atoms with van der Waals surface area (Å²) in [5, 5.41) is 0. The Kier molecular flexibility index (Phi) is 2.78. The third-order valence-corrected chi connectivity index (χ3v) is 2.58. The lowest BCUT2D eigenvalue weighted by Crippen LogP contribution is -2.16. The Balaban J connectivity index is 2.50. The standard InChI is InChI=1S/C11H14FN3O/c1-7(16-2)6-15-10-5-8(12)3-4-9(10)14-11(15)13/h3-5,7H,6H2,1-2H3,(H2,13,14). The Hall–Kier alpha value is -1.62. The molecular formula is C11H14FN3O. The number of nitrogen functional groups attached to an aromatic ring is 1. The Bertz CT molecular complexity index is 509. The number of rotatable bonds is 3. The van der Waals surface area contributed by atoms with Crippen molar-refractivity contribution in [3.05, 3.63) is 24.0 Å². The Morgan fingerprint density at radius 1 is 1.56 bits per heavy atom. The molecule has 0 amide bonds. The molecule has 2 rings (SSSR count). The van der Waals surface area contributed by atoms with Crippen molar-refractivity contribution < 1.29 is 9.13 Å². The molecule has 1 heterocycles. The summed E-state index contributed by atoms with van der Waals surface area (Å²) < 4.78 is 20.0. The van der Waals surface area contributed by atoms with Crippen LogP contribution >= 0.6 is 0 Å². The van der Waals surface area contributed by atoms with Crippen molar-refractivity contribution in [2.24, 2.45) is 0 Å². The van der Waals surface area contributed by atoms with Gasteiger partial charge in [-0.15, -0.1) is 0 Å². The number of halogens is 1. The molecule has 0 aliphatic heterocycles. The van der Waals surface area contributed by atoms with E-state index < -0.39 is 0 Å². The first kappa shape index (κ1) is 10.9. The summed E-state index contributed by atoms with van der Waals surface area (Å²) in [6.45, 7) is 2.48. The molecule has 0 saturated carbocycles. The van der Waals surface area contributed by atoms with Gasteiger partial charge in [-0.25, -0.2) is 9.37 Å². The summed E-state index contributed by atoms with van der Waals surface area (Å²) in [5.74, 6) is 0.0863. The minimum atomic E-state index is -0.293. The monoisotopic (exact) mass is 223 g/mol. The molecule has 4 nitrogen and oxygen atoms in total. The number of nitrogens with zero attached hydrogens (tertiary/aromatic N) is 2. The molecule has 0 bridgehead atoms. The molecule has 1 aromatic heterocycles. The van der Waals surface area contributed by atoms with Crippen molar-refractivity contribution in [3.63, 3.8) is 0 Å². The summed E-state index contributed by atoms with van der Waals surface area (Å²) in [6.07, 6.45) is 0.00275. The summed E-state index contributed by atoms with van der Waals surface area (Å²) >= 11 is 0. The van der Waals surface area contributed by atoms with Crippen LogP contribution in [-0.4, -0.2) is 22.8 Å². The zero-order valence-electron chi connectivity index (χ0n) is 9.27. The molecule has 0 aliphatic rings. The summed E-state index contributed by atoms with van der Waals surface area (Å²) in [5.41, 5.74) is 7.17. The van der Waals surface area contributed by atoms with Gasteiger partial charge in [0, 0.05) is 7.11 Å². The van der Waals surface area contributed by atoms with Gasteiger partial charge in [0.2, 0.25) is 5.95 Å². The lowest BCUT2D eigenvalue weighted by Gasteiger charge is -2.12. The average Bonchev–Trinajstić information content (AvgIpc) is 2.55. The number of nitrogens with two attached hydrogens (primary N) is 1. The van der Waals surface area contributed by atoms with Gasteiger partial charge in [0.15, 0.2) is 0 Å². The summed E-state index contributed by atoms with van der Waals surface area (Å²) in [6, 6.07) is 4.43. The number of benzene rings is 1. The molecule has 0 fully saturated rings. The number of fused-ring (bicyclic) bond motifs is 1. The first-order valence-corrected chi connectivity index (χ1v) is 5.06. The zero-order valence-corrected chi connectivity index (χ0v) is 9.27. The molecule has 1 aromatic carbocycles. The smallest absolute Gasteiger partial charge is 0.201 e. The van der Waals surface area contributed by atoms with Gasteiger partial charge >= 0.3 is 0 Å². The Labute approximate surface area is 92.8 Å². The molecule has 1 unspecified atom stereocenters. The topological polar surface area (TPSA) is 53.1 Å². The number of aromatic nitrogens is 2. The lowest BCUT2D eigenvalue weighted by atomic mass is 10.3. The van der Waals surface area contributed by atoms with Crippen LogP contribution < -0.4 is 5.73 Å². The second-order valence-corrected chi connectivity index (χ2v) is 3.76. The maximum Gasteiger partial charge on any atom is 0.201 e. The van der Waals surface area contributed by atoms with E-state index in [2.05, 4.69) is 4.98 Å². The normalized spacial score (nSPS) is 13.2. The van der Waals surface area contributed by atoms with Crippen molar-refractivity contribution in [2.75, 3.05) is 12.8 Å². The predicted molar refractivity (Wildman–Crippen MR) is 60.6 cm³/mol. The fraction of sp³-hybridized carbons (Fsp3) is 0.364. The van der Waals surface area contributed by atoms with E-state index in [0.717, 1.165) is 0 Å². The average molecular weight is 223 g/mol. The van der Waals surface area contributed by atoms with Crippen LogP contribution in [-0.2, 0) is 11.3 Å². The van der Waals surface area contributed by atoms with Crippen molar-refractivity contribution in [1.82, 2.24) is 9.55 Å². The minimum Gasteiger partial charge on any atom is -0.380 e. The van der Waals surface area contributed by atoms with E-state index >= 15 is 0 Å². The maximum absolute atomic E-state index is 13.1. The highest BCUT2D eigenvalue weighted by Crippen LogP contribution is 2.19. The van der Waals surface area contributed by atoms with Crippen molar-refractivity contribution in [1.29, 1.82) is 0 Å². The van der Waals surface area contributed by atoms with Gasteiger partial charge in [-0.3, -0.25) is 0 Å². The van der Waals surface area contributed by atoms with E-state index in [0.29, 0.717) is 23.5 Å². The summed E-state index contributed by atoms with van der Waals surface area (Å²) in [7, 11) is 1.63. The molecule has 2 aromatic rings. The third kappa shape index (κ3) is 1.86. The Morgan fingerprint density at radius 2 is 2.31 bits per heavy atom. The van der Waals surface area contributed by atoms with Crippen LogP contribution in [0.1, 0.15) is 6.92 Å². The first-order chi connectivity index (χ1) is 7.61. The second-order valence-electron chi connectivity index (χ2n) is 3.76. The van der Waals surface area contributed by atoms with Crippen molar-refractivity contribution >= 4 is 17.0 Å². The molecule has 16 heavy (non-hydrogen) atoms. The van der Waals surface area contributed by atoms with Crippen molar-refractivity contribution in [3.8, 4) is 0 Å². The van der Waals surface area contributed by atoms with Crippen LogP contribution in [0.15, 0.2) is 18.2 Å². The molecule has 5 heteroatoms. The van der Waals surface area contributed by atoms with Crippen LogP contribution in [0.2, 0.25) is 0 Å². The van der Waals surface area contributed by atoms with Gasteiger partial charge in [0.1, 0.15) is 5.82 Å². The number of hydrogen-bond acceptors (Lipinski definition) is 3. The number of imidazole rings is 1. The lowest BCUT2D eigenvalue weighted by molar-refractivity contribution is 0.105. The Morgan fingerprint density at radius 3 is 3.00 bits per heavy atom. The number of anilines is 1. The van der Waals surface area contributed by atoms with Crippen molar-refractivity contribution in [2.45, 2.75) is 19.6 Å². The van der Waals surface area contributed by atoms with Gasteiger partial charge in [0.05, 0.1) is 23.7 Å². The maximum atomic E-state index is 13.1. The van der Waals surface area contributed by atoms with E-state index in [4.69, 9.17) is 10.5 Å². The number of methoxy groups -OCH3 is 1. The molecule has 2 N–H and O–H groups in total. The molecule has 0 saturated heterocycles. The highest BCUT2D eigenvalue weighted by atomic mass is 19.1. The summed E-state index contributed by atoms with van der Waals surface area (Å²) in [4.78, 5) is 4.16. The molecule has 0 spiro atoms. The fourth-order valence-electron chi connectivity index (χ4n) is 1.64. The van der Waals surface area contributed by atoms with Crippen LogP contribution in [0.25, 0.3) is 11.0 Å². The molecular weight excluding hydrogens is 209 g/mol. The van der Waals surface area contributed by atoms with Gasteiger partial charge in [-0.2, -0.15) is 0 Å². The first-order valence-electron chi connectivity index (χ1n) is 5.06. The predicted octanol–water partition coefficient (Wildman–Crippen LogP) is 1.79. The van der Waals surface area contributed by atoms with E-state index in [9.17, 15) is 4.39 Å². The van der Waals surface area contributed by atoms with E-state index in [-0.39, 0.29) is 11.9 Å². The third-order valence-electron chi connectivity index (χ3n) is 2.58. The highest BCUT2D eigenvalue weighted by Gasteiger charge is 2.11. The zero-order chi connectivity index (χ0) is 11.7. The SMILES string of the molecule is COC(C)Cn1c(N)nc2ccc(F)cc21. The van der Waals surface area contributed by atoms with Crippen LogP contribution in [0, 0.1) is 5.82 Å². The quantitative estimate of drug-likeness (QED) is 0.863. The largest absolute Gasteiger partial charge is 0.380 e. The van der Waals surface area contributed by atoms with Crippen LogP contribution in [0.4, 0.5) is 10.3 Å². The van der Waals surface area contributed by atoms with E-state index in [1.807, 2.05) is 6.92 Å².